The van der Waals surface area contributed by atoms with Gasteiger partial charge >= 0.3 is 0 Å². The summed E-state index contributed by atoms with van der Waals surface area (Å²) < 4.78 is 0. The Morgan fingerprint density at radius 1 is 1.47 bits per heavy atom. The summed E-state index contributed by atoms with van der Waals surface area (Å²) in [5.74, 6) is 0.383. The highest BCUT2D eigenvalue weighted by atomic mass is 16.1. The van der Waals surface area contributed by atoms with Crippen LogP contribution in [0.3, 0.4) is 0 Å². The second-order valence-electron chi connectivity index (χ2n) is 6.13. The summed E-state index contributed by atoms with van der Waals surface area (Å²) in [6.45, 7) is 8.15. The van der Waals surface area contributed by atoms with E-state index in [0.717, 1.165) is 39.0 Å². The second kappa shape index (κ2) is 5.36. The van der Waals surface area contributed by atoms with Gasteiger partial charge in [0.15, 0.2) is 0 Å². The summed E-state index contributed by atoms with van der Waals surface area (Å²) in [7, 11) is 0. The molecule has 4 heteroatoms. The third kappa shape index (κ3) is 3.68. The van der Waals surface area contributed by atoms with Gasteiger partial charge in [-0.15, -0.1) is 0 Å². The number of carbonyl (C=O) groups excluding carboxylic acids is 1. The maximum Gasteiger partial charge on any atom is 0.217 e. The van der Waals surface area contributed by atoms with Crippen molar-refractivity contribution in [2.24, 2.45) is 17.1 Å². The summed E-state index contributed by atoms with van der Waals surface area (Å²) in [6, 6.07) is 0. The van der Waals surface area contributed by atoms with Crippen molar-refractivity contribution >= 4 is 5.91 Å². The molecule has 2 aliphatic heterocycles. The predicted molar refractivity (Wildman–Crippen MR) is 68.6 cm³/mol. The summed E-state index contributed by atoms with van der Waals surface area (Å²) in [6.07, 6.45) is 4.12. The molecule has 2 heterocycles. The van der Waals surface area contributed by atoms with Gasteiger partial charge in [0.05, 0.1) is 0 Å². The average Bonchev–Trinajstić information content (AvgIpc) is 2.67. The van der Waals surface area contributed by atoms with Crippen LogP contribution in [0.4, 0.5) is 0 Å². The SMILES string of the molecule is CC1(CN2CCC(CC(N)=O)CC2)CCNC1. The van der Waals surface area contributed by atoms with Gasteiger partial charge in [0.1, 0.15) is 0 Å². The van der Waals surface area contributed by atoms with E-state index in [0.29, 0.717) is 17.8 Å². The summed E-state index contributed by atoms with van der Waals surface area (Å²) >= 11 is 0. The van der Waals surface area contributed by atoms with Gasteiger partial charge in [-0.05, 0) is 50.2 Å². The molecule has 1 unspecified atom stereocenters. The van der Waals surface area contributed by atoms with E-state index in [1.807, 2.05) is 0 Å². The van der Waals surface area contributed by atoms with Crippen LogP contribution in [0.5, 0.6) is 0 Å². The van der Waals surface area contributed by atoms with Crippen molar-refractivity contribution in [2.75, 3.05) is 32.7 Å². The number of piperidine rings is 1. The molecule has 3 N–H and O–H groups in total. The van der Waals surface area contributed by atoms with Crippen molar-refractivity contribution in [3.8, 4) is 0 Å². The quantitative estimate of drug-likeness (QED) is 0.754. The normalized spacial score (nSPS) is 31.8. The average molecular weight is 239 g/mol. The zero-order valence-electron chi connectivity index (χ0n) is 10.9. The van der Waals surface area contributed by atoms with Gasteiger partial charge in [-0.2, -0.15) is 0 Å². The summed E-state index contributed by atoms with van der Waals surface area (Å²) in [5.41, 5.74) is 5.71. The van der Waals surface area contributed by atoms with Crippen LogP contribution in [-0.4, -0.2) is 43.5 Å². The molecule has 0 saturated carbocycles. The van der Waals surface area contributed by atoms with Crippen molar-refractivity contribution in [3.05, 3.63) is 0 Å². The smallest absolute Gasteiger partial charge is 0.217 e. The number of rotatable bonds is 4. The van der Waals surface area contributed by atoms with Crippen molar-refractivity contribution < 1.29 is 4.79 Å². The van der Waals surface area contributed by atoms with Gasteiger partial charge in [0, 0.05) is 19.5 Å². The maximum absolute atomic E-state index is 10.9. The zero-order chi connectivity index (χ0) is 12.3. The van der Waals surface area contributed by atoms with Crippen molar-refractivity contribution in [3.63, 3.8) is 0 Å². The van der Waals surface area contributed by atoms with Gasteiger partial charge in [-0.1, -0.05) is 6.92 Å². The van der Waals surface area contributed by atoms with Crippen LogP contribution in [-0.2, 0) is 4.79 Å². The van der Waals surface area contributed by atoms with Crippen LogP contribution < -0.4 is 11.1 Å². The van der Waals surface area contributed by atoms with Crippen LogP contribution in [0.2, 0.25) is 0 Å². The van der Waals surface area contributed by atoms with Gasteiger partial charge < -0.3 is 16.0 Å². The first-order chi connectivity index (χ1) is 8.07. The molecule has 0 aromatic rings. The number of likely N-dealkylation sites (tertiary alicyclic amines) is 1. The largest absolute Gasteiger partial charge is 0.370 e. The minimum atomic E-state index is -0.143. The first-order valence-corrected chi connectivity index (χ1v) is 6.79. The zero-order valence-corrected chi connectivity index (χ0v) is 10.9. The Morgan fingerprint density at radius 3 is 2.71 bits per heavy atom. The van der Waals surface area contributed by atoms with Gasteiger partial charge in [-0.25, -0.2) is 0 Å². The fourth-order valence-corrected chi connectivity index (χ4v) is 3.18. The Hall–Kier alpha value is -0.610. The molecule has 2 saturated heterocycles. The van der Waals surface area contributed by atoms with E-state index >= 15 is 0 Å². The van der Waals surface area contributed by atoms with Crippen molar-refractivity contribution in [1.29, 1.82) is 0 Å². The minimum Gasteiger partial charge on any atom is -0.370 e. The standard InChI is InChI=1S/C13H25N3O/c1-13(4-5-15-9-13)10-16-6-2-11(3-7-16)8-12(14)17/h11,15H,2-10H2,1H3,(H2,14,17). The number of nitrogens with zero attached hydrogens (tertiary/aromatic N) is 1. The van der Waals surface area contributed by atoms with Crippen LogP contribution in [0, 0.1) is 11.3 Å². The van der Waals surface area contributed by atoms with Crippen LogP contribution >= 0.6 is 0 Å². The third-order valence-electron chi connectivity index (χ3n) is 4.26. The number of carbonyl (C=O) groups is 1. The lowest BCUT2D eigenvalue weighted by Gasteiger charge is -2.36. The minimum absolute atomic E-state index is 0.143. The molecule has 0 aromatic carbocycles. The third-order valence-corrected chi connectivity index (χ3v) is 4.26. The van der Waals surface area contributed by atoms with Gasteiger partial charge in [0.2, 0.25) is 5.91 Å². The number of nitrogens with one attached hydrogen (secondary N) is 1. The first-order valence-electron chi connectivity index (χ1n) is 6.79. The van der Waals surface area contributed by atoms with Gasteiger partial charge in [-0.3, -0.25) is 4.79 Å². The molecule has 1 atom stereocenters. The molecule has 2 fully saturated rings. The van der Waals surface area contributed by atoms with E-state index in [1.165, 1.54) is 13.0 Å². The van der Waals surface area contributed by atoms with Crippen LogP contribution in [0.1, 0.15) is 32.6 Å². The molecule has 0 aliphatic carbocycles. The lowest BCUT2D eigenvalue weighted by atomic mass is 9.87. The molecule has 0 spiro atoms. The molecule has 1 amide bonds. The van der Waals surface area contributed by atoms with E-state index in [9.17, 15) is 4.79 Å². The second-order valence-corrected chi connectivity index (χ2v) is 6.13. The molecule has 98 valence electrons. The van der Waals surface area contributed by atoms with E-state index in [1.54, 1.807) is 0 Å². The highest BCUT2D eigenvalue weighted by Gasteiger charge is 2.32. The summed E-state index contributed by atoms with van der Waals surface area (Å²) in [5, 5.41) is 3.45. The Morgan fingerprint density at radius 2 is 2.18 bits per heavy atom. The molecule has 2 aliphatic rings. The maximum atomic E-state index is 10.9. The molecule has 4 nitrogen and oxygen atoms in total. The van der Waals surface area contributed by atoms with E-state index in [2.05, 4.69) is 17.1 Å². The lowest BCUT2D eigenvalue weighted by molar-refractivity contribution is -0.119. The van der Waals surface area contributed by atoms with Crippen molar-refractivity contribution in [1.82, 2.24) is 10.2 Å². The first kappa shape index (κ1) is 12.8. The number of primary amides is 1. The molecule has 2 rings (SSSR count). The predicted octanol–water partition coefficient (Wildman–Crippen LogP) is 0.573. The fourth-order valence-electron chi connectivity index (χ4n) is 3.18. The monoisotopic (exact) mass is 239 g/mol. The molecular weight excluding hydrogens is 214 g/mol. The summed E-state index contributed by atoms with van der Waals surface area (Å²) in [4.78, 5) is 13.4. The number of hydrogen-bond acceptors (Lipinski definition) is 3. The number of hydrogen-bond donors (Lipinski definition) is 2. The van der Waals surface area contributed by atoms with E-state index < -0.39 is 0 Å². The highest BCUT2D eigenvalue weighted by Crippen LogP contribution is 2.28. The highest BCUT2D eigenvalue weighted by molar-refractivity contribution is 5.73. The fraction of sp³-hybridized carbons (Fsp3) is 0.923. The van der Waals surface area contributed by atoms with E-state index in [4.69, 9.17) is 5.73 Å². The van der Waals surface area contributed by atoms with Gasteiger partial charge in [0.25, 0.3) is 0 Å². The Labute approximate surface area is 104 Å². The molecule has 0 radical (unpaired) electrons. The van der Waals surface area contributed by atoms with E-state index in [-0.39, 0.29) is 5.91 Å². The van der Waals surface area contributed by atoms with Crippen LogP contribution in [0.25, 0.3) is 0 Å². The van der Waals surface area contributed by atoms with Crippen LogP contribution in [0.15, 0.2) is 0 Å². The molecule has 0 aromatic heterocycles. The molecular formula is C13H25N3O. The number of nitrogens with two attached hydrogens (primary N) is 1. The lowest BCUT2D eigenvalue weighted by Crippen LogP contribution is -2.42. The topological polar surface area (TPSA) is 58.4 Å². The Bertz CT molecular complexity index is 266. The molecule has 17 heavy (non-hydrogen) atoms. The Kier molecular flexibility index (Phi) is 4.05. The Balaban J connectivity index is 1.73. The number of amides is 1. The van der Waals surface area contributed by atoms with Crippen molar-refractivity contribution in [2.45, 2.75) is 32.6 Å². The molecule has 0 bridgehead atoms.